The fraction of sp³-hybridized carbons (Fsp3) is 0.300. The lowest BCUT2D eigenvalue weighted by molar-refractivity contribution is 0.129. The molecule has 1 aliphatic rings. The van der Waals surface area contributed by atoms with E-state index in [0.29, 0.717) is 6.54 Å². The molecular weight excluding hydrogens is 349 g/mol. The van der Waals surface area contributed by atoms with Crippen molar-refractivity contribution in [3.63, 3.8) is 0 Å². The van der Waals surface area contributed by atoms with Gasteiger partial charge in [0.05, 0.1) is 12.6 Å². The average molecular weight is 369 g/mol. The van der Waals surface area contributed by atoms with Crippen molar-refractivity contribution in [2.24, 2.45) is 0 Å². The molecule has 0 bridgehead atoms. The number of hydrogen-bond donors (Lipinski definition) is 0. The minimum atomic E-state index is -0.254. The standard InChI is InChI=1S/C20H20FN3OS/c21-17-10-8-16(9-11-17)19-22-23-20(26-14-18-7-4-12-25-18)24(19)13-15-5-2-1-3-6-15/h1-3,5-6,8-11,18H,4,7,12-14H2. The van der Waals surface area contributed by atoms with Gasteiger partial charge in [0.25, 0.3) is 0 Å². The molecule has 1 atom stereocenters. The Hall–Kier alpha value is -2.18. The van der Waals surface area contributed by atoms with Crippen LogP contribution in [0.3, 0.4) is 0 Å². The molecule has 2 heterocycles. The second-order valence-electron chi connectivity index (χ2n) is 6.33. The van der Waals surface area contributed by atoms with Gasteiger partial charge in [-0.1, -0.05) is 42.1 Å². The number of hydrogen-bond acceptors (Lipinski definition) is 4. The number of rotatable bonds is 6. The largest absolute Gasteiger partial charge is 0.377 e. The molecule has 134 valence electrons. The Morgan fingerprint density at radius 3 is 2.62 bits per heavy atom. The zero-order valence-corrected chi connectivity index (χ0v) is 15.2. The molecule has 2 aromatic carbocycles. The van der Waals surface area contributed by atoms with Crippen molar-refractivity contribution in [3.8, 4) is 11.4 Å². The Morgan fingerprint density at radius 2 is 1.88 bits per heavy atom. The van der Waals surface area contributed by atoms with Crippen LogP contribution in [0.15, 0.2) is 59.8 Å². The number of thioether (sulfide) groups is 1. The van der Waals surface area contributed by atoms with Crippen LogP contribution in [0.5, 0.6) is 0 Å². The van der Waals surface area contributed by atoms with Crippen LogP contribution in [-0.4, -0.2) is 33.2 Å². The Bertz CT molecular complexity index is 845. The molecule has 4 rings (SSSR count). The summed E-state index contributed by atoms with van der Waals surface area (Å²) in [5.41, 5.74) is 2.04. The predicted molar refractivity (Wildman–Crippen MR) is 101 cm³/mol. The smallest absolute Gasteiger partial charge is 0.191 e. The van der Waals surface area contributed by atoms with Gasteiger partial charge in [-0.3, -0.25) is 4.57 Å². The summed E-state index contributed by atoms with van der Waals surface area (Å²) < 4.78 is 21.1. The van der Waals surface area contributed by atoms with Crippen molar-refractivity contribution in [2.45, 2.75) is 30.6 Å². The lowest BCUT2D eigenvalue weighted by Crippen LogP contribution is -2.10. The fourth-order valence-electron chi connectivity index (χ4n) is 3.06. The van der Waals surface area contributed by atoms with Crippen molar-refractivity contribution in [1.82, 2.24) is 14.8 Å². The van der Waals surface area contributed by atoms with Gasteiger partial charge in [-0.05, 0) is 42.7 Å². The van der Waals surface area contributed by atoms with E-state index in [4.69, 9.17) is 4.74 Å². The Morgan fingerprint density at radius 1 is 1.08 bits per heavy atom. The van der Waals surface area contributed by atoms with Gasteiger partial charge < -0.3 is 4.74 Å². The molecule has 4 nitrogen and oxygen atoms in total. The zero-order valence-electron chi connectivity index (χ0n) is 14.3. The topological polar surface area (TPSA) is 39.9 Å². The molecule has 6 heteroatoms. The van der Waals surface area contributed by atoms with Crippen LogP contribution in [-0.2, 0) is 11.3 Å². The van der Waals surface area contributed by atoms with Crippen LogP contribution in [0.25, 0.3) is 11.4 Å². The quantitative estimate of drug-likeness (QED) is 0.604. The molecule has 0 saturated carbocycles. The zero-order chi connectivity index (χ0) is 17.8. The monoisotopic (exact) mass is 369 g/mol. The summed E-state index contributed by atoms with van der Waals surface area (Å²) in [6, 6.07) is 16.6. The minimum absolute atomic E-state index is 0.254. The lowest BCUT2D eigenvalue weighted by atomic mass is 10.2. The third-order valence-corrected chi connectivity index (χ3v) is 5.52. The Labute approximate surface area is 156 Å². The summed E-state index contributed by atoms with van der Waals surface area (Å²) in [5, 5.41) is 9.65. The van der Waals surface area contributed by atoms with Crippen LogP contribution in [0.2, 0.25) is 0 Å². The molecule has 0 spiro atoms. The van der Waals surface area contributed by atoms with Crippen molar-refractivity contribution in [2.75, 3.05) is 12.4 Å². The lowest BCUT2D eigenvalue weighted by Gasteiger charge is -2.12. The summed E-state index contributed by atoms with van der Waals surface area (Å²) in [7, 11) is 0. The van der Waals surface area contributed by atoms with Crippen LogP contribution in [0.4, 0.5) is 4.39 Å². The van der Waals surface area contributed by atoms with Gasteiger partial charge in [0, 0.05) is 17.9 Å². The van der Waals surface area contributed by atoms with E-state index in [0.717, 1.165) is 41.7 Å². The van der Waals surface area contributed by atoms with Crippen molar-refractivity contribution in [3.05, 3.63) is 66.0 Å². The highest BCUT2D eigenvalue weighted by Gasteiger charge is 2.19. The first-order chi connectivity index (χ1) is 12.8. The van der Waals surface area contributed by atoms with E-state index in [1.54, 1.807) is 23.9 Å². The second-order valence-corrected chi connectivity index (χ2v) is 7.32. The summed E-state index contributed by atoms with van der Waals surface area (Å²) in [4.78, 5) is 0. The number of halogens is 1. The molecule has 1 aliphatic heterocycles. The van der Waals surface area contributed by atoms with Gasteiger partial charge in [-0.25, -0.2) is 4.39 Å². The summed E-state index contributed by atoms with van der Waals surface area (Å²) >= 11 is 1.67. The SMILES string of the molecule is Fc1ccc(-c2nnc(SCC3CCCO3)n2Cc2ccccc2)cc1. The van der Waals surface area contributed by atoms with Crippen molar-refractivity contribution < 1.29 is 9.13 Å². The van der Waals surface area contributed by atoms with E-state index < -0.39 is 0 Å². The normalized spacial score (nSPS) is 16.9. The molecule has 0 radical (unpaired) electrons. The first kappa shape index (κ1) is 17.2. The average Bonchev–Trinajstić information content (AvgIpc) is 3.32. The predicted octanol–water partition coefficient (Wildman–Crippen LogP) is 4.40. The number of benzene rings is 2. The van der Waals surface area contributed by atoms with Crippen molar-refractivity contribution in [1.29, 1.82) is 0 Å². The summed E-state index contributed by atoms with van der Waals surface area (Å²) in [6.45, 7) is 1.52. The number of aromatic nitrogens is 3. The van der Waals surface area contributed by atoms with E-state index in [2.05, 4.69) is 26.9 Å². The third kappa shape index (κ3) is 3.97. The maximum atomic E-state index is 13.3. The molecule has 1 aromatic heterocycles. The molecule has 0 aliphatic carbocycles. The van der Waals surface area contributed by atoms with E-state index in [-0.39, 0.29) is 11.9 Å². The highest BCUT2D eigenvalue weighted by Crippen LogP contribution is 2.27. The second kappa shape index (κ2) is 8.01. The van der Waals surface area contributed by atoms with Crippen LogP contribution in [0.1, 0.15) is 18.4 Å². The molecule has 1 unspecified atom stereocenters. The van der Waals surface area contributed by atoms with E-state index in [1.807, 2.05) is 18.2 Å². The van der Waals surface area contributed by atoms with Crippen LogP contribution in [0, 0.1) is 5.82 Å². The molecule has 1 saturated heterocycles. The van der Waals surface area contributed by atoms with Gasteiger partial charge in [0.15, 0.2) is 11.0 Å². The molecule has 0 N–H and O–H groups in total. The highest BCUT2D eigenvalue weighted by molar-refractivity contribution is 7.99. The maximum absolute atomic E-state index is 13.3. The molecule has 1 fully saturated rings. The van der Waals surface area contributed by atoms with Gasteiger partial charge in [0.1, 0.15) is 5.82 Å². The van der Waals surface area contributed by atoms with E-state index >= 15 is 0 Å². The number of nitrogens with zero attached hydrogens (tertiary/aromatic N) is 3. The molecule has 0 amide bonds. The van der Waals surface area contributed by atoms with Gasteiger partial charge in [-0.15, -0.1) is 10.2 Å². The van der Waals surface area contributed by atoms with Crippen LogP contribution < -0.4 is 0 Å². The molecule has 3 aromatic rings. The molecular formula is C20H20FN3OS. The fourth-order valence-corrected chi connectivity index (χ4v) is 4.06. The minimum Gasteiger partial charge on any atom is -0.377 e. The summed E-state index contributed by atoms with van der Waals surface area (Å²) in [6.07, 6.45) is 2.52. The van der Waals surface area contributed by atoms with E-state index in [9.17, 15) is 4.39 Å². The van der Waals surface area contributed by atoms with Gasteiger partial charge in [0.2, 0.25) is 0 Å². The van der Waals surface area contributed by atoms with Gasteiger partial charge in [-0.2, -0.15) is 0 Å². The third-order valence-electron chi connectivity index (χ3n) is 4.43. The highest BCUT2D eigenvalue weighted by atomic mass is 32.2. The first-order valence-corrected chi connectivity index (χ1v) is 9.75. The van der Waals surface area contributed by atoms with E-state index in [1.165, 1.54) is 17.7 Å². The molecule has 26 heavy (non-hydrogen) atoms. The Kier molecular flexibility index (Phi) is 5.32. The summed E-state index contributed by atoms with van der Waals surface area (Å²) in [5.74, 6) is 1.37. The van der Waals surface area contributed by atoms with Crippen molar-refractivity contribution >= 4 is 11.8 Å². The first-order valence-electron chi connectivity index (χ1n) is 8.77. The maximum Gasteiger partial charge on any atom is 0.191 e. The van der Waals surface area contributed by atoms with Gasteiger partial charge >= 0.3 is 0 Å². The number of ether oxygens (including phenoxy) is 1. The Balaban J connectivity index is 1.63. The van der Waals surface area contributed by atoms with Crippen LogP contribution >= 0.6 is 11.8 Å².